The Balaban J connectivity index is 2.53. The van der Waals surface area contributed by atoms with Gasteiger partial charge in [-0.15, -0.1) is 0 Å². The maximum absolute atomic E-state index is 9.30. The van der Waals surface area contributed by atoms with Crippen LogP contribution in [0, 0.1) is 0 Å². The smallest absolute Gasteiger partial charge is 0.115 e. The number of unbranched alkanes of at least 4 members (excludes halogenated alkanes) is 1. The summed E-state index contributed by atoms with van der Waals surface area (Å²) in [5.74, 6) is 0.335. The summed E-state index contributed by atoms with van der Waals surface area (Å²) in [5, 5.41) is 13.0. The first-order valence-corrected chi connectivity index (χ1v) is 7.22. The molecule has 0 saturated carbocycles. The summed E-state index contributed by atoms with van der Waals surface area (Å²) in [4.78, 5) is 0. The molecule has 0 aromatic heterocycles. The van der Waals surface area contributed by atoms with Crippen LogP contribution in [0.2, 0.25) is 0 Å². The largest absolute Gasteiger partial charge is 0.508 e. The molecule has 2 unspecified atom stereocenters. The molecule has 0 spiro atoms. The van der Waals surface area contributed by atoms with E-state index in [-0.39, 0.29) is 0 Å². The van der Waals surface area contributed by atoms with E-state index in [1.54, 1.807) is 12.1 Å². The average Bonchev–Trinajstić information content (AvgIpc) is 2.37. The third-order valence-corrected chi connectivity index (χ3v) is 3.42. The van der Waals surface area contributed by atoms with Gasteiger partial charge in [0.25, 0.3) is 0 Å². The van der Waals surface area contributed by atoms with Gasteiger partial charge in [-0.3, -0.25) is 0 Å². The summed E-state index contributed by atoms with van der Waals surface area (Å²) in [6, 6.07) is 8.46. The summed E-state index contributed by atoms with van der Waals surface area (Å²) in [6.45, 7) is 6.68. The summed E-state index contributed by atoms with van der Waals surface area (Å²) in [5.41, 5.74) is 1.24. The van der Waals surface area contributed by atoms with Crippen molar-refractivity contribution in [1.82, 2.24) is 5.32 Å². The molecule has 0 bridgehead atoms. The van der Waals surface area contributed by atoms with Gasteiger partial charge in [-0.05, 0) is 37.5 Å². The van der Waals surface area contributed by atoms with Crippen molar-refractivity contribution in [2.45, 2.75) is 65.0 Å². The molecule has 1 aromatic rings. The van der Waals surface area contributed by atoms with Crippen LogP contribution in [0.3, 0.4) is 0 Å². The molecule has 1 aromatic carbocycles. The first-order chi connectivity index (χ1) is 8.67. The highest BCUT2D eigenvalue weighted by molar-refractivity contribution is 5.27. The number of aromatic hydroxyl groups is 1. The van der Waals surface area contributed by atoms with Crippen molar-refractivity contribution in [2.24, 2.45) is 0 Å². The van der Waals surface area contributed by atoms with E-state index in [0.29, 0.717) is 17.8 Å². The molecule has 2 nitrogen and oxygen atoms in total. The Hall–Kier alpha value is -1.02. The molecule has 0 heterocycles. The van der Waals surface area contributed by atoms with Crippen molar-refractivity contribution < 1.29 is 5.11 Å². The van der Waals surface area contributed by atoms with Crippen molar-refractivity contribution >= 4 is 0 Å². The van der Waals surface area contributed by atoms with Gasteiger partial charge in [0.15, 0.2) is 0 Å². The lowest BCUT2D eigenvalue weighted by atomic mass is 10.0. The lowest BCUT2D eigenvalue weighted by molar-refractivity contribution is 0.395. The Kier molecular flexibility index (Phi) is 6.81. The summed E-state index contributed by atoms with van der Waals surface area (Å²) >= 11 is 0. The minimum Gasteiger partial charge on any atom is -0.508 e. The molecule has 0 saturated heterocycles. The van der Waals surface area contributed by atoms with Crippen LogP contribution in [0.4, 0.5) is 0 Å². The fraction of sp³-hybridized carbons (Fsp3) is 0.625. The van der Waals surface area contributed by atoms with Crippen LogP contribution in [-0.4, -0.2) is 11.1 Å². The molecule has 1 rings (SSSR count). The van der Waals surface area contributed by atoms with Gasteiger partial charge in [-0.2, -0.15) is 0 Å². The Morgan fingerprint density at radius 1 is 1.06 bits per heavy atom. The zero-order chi connectivity index (χ0) is 13.4. The van der Waals surface area contributed by atoms with E-state index in [0.717, 1.165) is 0 Å². The van der Waals surface area contributed by atoms with Gasteiger partial charge in [0.05, 0.1) is 0 Å². The van der Waals surface area contributed by atoms with Gasteiger partial charge in [0.2, 0.25) is 0 Å². The van der Waals surface area contributed by atoms with Crippen molar-refractivity contribution in [3.63, 3.8) is 0 Å². The fourth-order valence-electron chi connectivity index (χ4n) is 2.32. The number of hydrogen-bond donors (Lipinski definition) is 2. The zero-order valence-corrected chi connectivity index (χ0v) is 11.9. The molecule has 0 fully saturated rings. The van der Waals surface area contributed by atoms with E-state index >= 15 is 0 Å². The second-order valence-electron chi connectivity index (χ2n) is 5.11. The molecule has 0 radical (unpaired) electrons. The lowest BCUT2D eigenvalue weighted by Crippen LogP contribution is -2.31. The topological polar surface area (TPSA) is 32.3 Å². The first-order valence-electron chi connectivity index (χ1n) is 7.22. The molecule has 0 aliphatic rings. The molecule has 2 atom stereocenters. The first kappa shape index (κ1) is 15.0. The maximum Gasteiger partial charge on any atom is 0.115 e. The Morgan fingerprint density at radius 3 is 2.28 bits per heavy atom. The van der Waals surface area contributed by atoms with Gasteiger partial charge in [0.1, 0.15) is 5.75 Å². The van der Waals surface area contributed by atoms with E-state index in [9.17, 15) is 5.11 Å². The zero-order valence-electron chi connectivity index (χ0n) is 11.9. The van der Waals surface area contributed by atoms with E-state index in [1.165, 1.54) is 37.7 Å². The summed E-state index contributed by atoms with van der Waals surface area (Å²) in [7, 11) is 0. The minimum absolute atomic E-state index is 0.335. The molecular weight excluding hydrogens is 222 g/mol. The lowest BCUT2D eigenvalue weighted by Gasteiger charge is -2.23. The van der Waals surface area contributed by atoms with E-state index in [2.05, 4.69) is 26.1 Å². The predicted octanol–water partition coefficient (Wildman–Crippen LogP) is 4.40. The van der Waals surface area contributed by atoms with Gasteiger partial charge in [0, 0.05) is 12.1 Å². The average molecular weight is 249 g/mol. The molecule has 0 amide bonds. The normalized spacial score (nSPS) is 14.4. The number of nitrogens with one attached hydrogen (secondary N) is 1. The third kappa shape index (κ3) is 5.09. The van der Waals surface area contributed by atoms with Crippen LogP contribution in [0.25, 0.3) is 0 Å². The quantitative estimate of drug-likeness (QED) is 0.715. The van der Waals surface area contributed by atoms with E-state index < -0.39 is 0 Å². The van der Waals surface area contributed by atoms with Crippen molar-refractivity contribution in [3.8, 4) is 5.75 Å². The third-order valence-electron chi connectivity index (χ3n) is 3.42. The molecule has 2 N–H and O–H groups in total. The van der Waals surface area contributed by atoms with Gasteiger partial charge < -0.3 is 10.4 Å². The van der Waals surface area contributed by atoms with Crippen LogP contribution in [0.15, 0.2) is 24.3 Å². The second-order valence-corrected chi connectivity index (χ2v) is 5.11. The van der Waals surface area contributed by atoms with Crippen LogP contribution < -0.4 is 5.32 Å². The number of hydrogen-bond acceptors (Lipinski definition) is 2. The molecule has 2 heteroatoms. The standard InChI is InChI=1S/C16H27NO/c1-4-6-8-15(7-5-2)17-13(3)14-9-11-16(18)12-10-14/h9-13,15,17-18H,4-8H2,1-3H3. The number of phenols is 1. The van der Waals surface area contributed by atoms with E-state index in [4.69, 9.17) is 0 Å². The highest BCUT2D eigenvalue weighted by Gasteiger charge is 2.12. The molecule has 102 valence electrons. The highest BCUT2D eigenvalue weighted by Crippen LogP contribution is 2.19. The Labute approximate surface area is 111 Å². The molecule has 0 aliphatic carbocycles. The predicted molar refractivity (Wildman–Crippen MR) is 77.9 cm³/mol. The molecule has 18 heavy (non-hydrogen) atoms. The van der Waals surface area contributed by atoms with E-state index in [1.807, 2.05) is 12.1 Å². The Bertz CT molecular complexity index is 320. The van der Waals surface area contributed by atoms with Gasteiger partial charge in [-0.1, -0.05) is 45.2 Å². The summed E-state index contributed by atoms with van der Waals surface area (Å²) < 4.78 is 0. The van der Waals surface area contributed by atoms with Crippen LogP contribution >= 0.6 is 0 Å². The number of rotatable bonds is 8. The maximum atomic E-state index is 9.30. The van der Waals surface area contributed by atoms with Crippen LogP contribution in [-0.2, 0) is 0 Å². The minimum atomic E-state index is 0.335. The number of benzene rings is 1. The van der Waals surface area contributed by atoms with Crippen LogP contribution in [0.5, 0.6) is 5.75 Å². The Morgan fingerprint density at radius 2 is 1.72 bits per heavy atom. The second kappa shape index (κ2) is 8.15. The van der Waals surface area contributed by atoms with Crippen molar-refractivity contribution in [3.05, 3.63) is 29.8 Å². The molecule has 0 aliphatic heterocycles. The monoisotopic (exact) mass is 249 g/mol. The van der Waals surface area contributed by atoms with Crippen LogP contribution in [0.1, 0.15) is 64.5 Å². The molecular formula is C16H27NO. The fourth-order valence-corrected chi connectivity index (χ4v) is 2.32. The summed E-state index contributed by atoms with van der Waals surface area (Å²) in [6.07, 6.45) is 6.27. The van der Waals surface area contributed by atoms with Crippen molar-refractivity contribution in [1.29, 1.82) is 0 Å². The van der Waals surface area contributed by atoms with Gasteiger partial charge in [-0.25, -0.2) is 0 Å². The van der Waals surface area contributed by atoms with Gasteiger partial charge >= 0.3 is 0 Å². The highest BCUT2D eigenvalue weighted by atomic mass is 16.3. The SMILES string of the molecule is CCCCC(CCC)NC(C)c1ccc(O)cc1. The van der Waals surface area contributed by atoms with Crippen molar-refractivity contribution in [2.75, 3.05) is 0 Å². The number of phenolic OH excluding ortho intramolecular Hbond substituents is 1.